The monoisotopic (exact) mass is 1890 g/mol. The van der Waals surface area contributed by atoms with Gasteiger partial charge in [-0.05, 0) is 131 Å². The van der Waals surface area contributed by atoms with E-state index in [0.29, 0.717) is 89.9 Å². The van der Waals surface area contributed by atoms with Crippen molar-refractivity contribution in [1.29, 1.82) is 0 Å². The van der Waals surface area contributed by atoms with E-state index in [2.05, 4.69) is 67.8 Å². The average molecular weight is 1890 g/mol. The Hall–Kier alpha value is -13.6. The zero-order valence-electron chi connectivity index (χ0n) is 75.4. The Balaban J connectivity index is 0.944. The van der Waals surface area contributed by atoms with Gasteiger partial charge in [0.05, 0.1) is 43.8 Å². The van der Waals surface area contributed by atoms with Gasteiger partial charge in [-0.3, -0.25) is 86.3 Å². The number of Topliss-reactive ketones (excluding diaryl/α,β-unsaturated/α-hetero) is 1. The molecule has 0 radical (unpaired) electrons. The molecule has 726 valence electrons. The van der Waals surface area contributed by atoms with Crippen LogP contribution >= 0.6 is 11.8 Å². The number of phenolic OH excluding ortho intramolecular Hbond substituents is 1. The minimum Gasteiger partial charge on any atom is -0.508 e. The first-order chi connectivity index (χ1) is 64.6. The number of nitrogens with zero attached hydrogens (tertiary/aromatic N) is 6. The van der Waals surface area contributed by atoms with Crippen molar-refractivity contribution in [1.82, 2.24) is 92.3 Å². The van der Waals surface area contributed by atoms with Crippen LogP contribution in [0.5, 0.6) is 5.75 Å². The molecule has 6 aromatic rings. The predicted molar refractivity (Wildman–Crippen MR) is 489 cm³/mol. The van der Waals surface area contributed by atoms with E-state index in [1.807, 2.05) is 12.2 Å². The second-order valence-corrected chi connectivity index (χ2v) is 36.0. The number of aliphatic hydroxyl groups excluding tert-OH is 2. The predicted octanol–water partition coefficient (Wildman–Crippen LogP) is -1.42. The number of fused-ring (bicyclic) bond motifs is 8. The van der Waals surface area contributed by atoms with Gasteiger partial charge < -0.3 is 119 Å². The van der Waals surface area contributed by atoms with Crippen LogP contribution in [0.1, 0.15) is 145 Å². The number of imidazole rings is 1. The molecule has 2 bridgehead atoms. The number of allylic oxidation sites excluding steroid dienone is 2. The molecule has 0 unspecified atom stereocenters. The molecule has 15 atom stereocenters. The molecule has 43 heteroatoms. The molecule has 135 heavy (non-hydrogen) atoms. The molecule has 20 N–H and O–H groups in total. The lowest BCUT2D eigenvalue weighted by Crippen LogP contribution is -2.61. The quantitative estimate of drug-likeness (QED) is 0.0466. The van der Waals surface area contributed by atoms with E-state index in [0.717, 1.165) is 26.5 Å². The molecule has 0 spiro atoms. The number of ketones is 1. The van der Waals surface area contributed by atoms with Crippen molar-refractivity contribution >= 4 is 140 Å². The summed E-state index contributed by atoms with van der Waals surface area (Å²) in [4.78, 5) is 282. The number of carboxylic acid groups (broad SMARTS) is 1. The molecule has 8 heterocycles. The second-order valence-electron chi connectivity index (χ2n) is 34.9. The molecule has 16 amide bonds. The highest BCUT2D eigenvalue weighted by molar-refractivity contribution is 8.00. The van der Waals surface area contributed by atoms with Gasteiger partial charge in [0.2, 0.25) is 94.5 Å². The number of hydrogen-bond acceptors (Lipinski definition) is 23. The van der Waals surface area contributed by atoms with Crippen LogP contribution in [-0.2, 0) is 112 Å². The Morgan fingerprint density at radius 2 is 1.07 bits per heavy atom. The Labute approximate surface area is 781 Å². The molecule has 11 rings (SSSR count). The Kier molecular flexibility index (Phi) is 36.5. The molecule has 0 saturated carbocycles. The van der Waals surface area contributed by atoms with Crippen LogP contribution in [0, 0.1) is 5.92 Å². The summed E-state index contributed by atoms with van der Waals surface area (Å²) >= 11 is 0.787. The summed E-state index contributed by atoms with van der Waals surface area (Å²) in [5, 5.41) is 68.1. The normalized spacial score (nSPS) is 26.4. The summed E-state index contributed by atoms with van der Waals surface area (Å²) in [5.74, 6) is -19.9. The third-order valence-corrected chi connectivity index (χ3v) is 26.2. The van der Waals surface area contributed by atoms with Crippen molar-refractivity contribution in [2.75, 3.05) is 58.4 Å². The van der Waals surface area contributed by atoms with Crippen molar-refractivity contribution in [3.8, 4) is 5.75 Å². The summed E-state index contributed by atoms with van der Waals surface area (Å²) in [6.45, 7) is -1.30. The van der Waals surface area contributed by atoms with Gasteiger partial charge in [0.25, 0.3) is 0 Å². The lowest BCUT2D eigenvalue weighted by molar-refractivity contribution is -0.149. The second kappa shape index (κ2) is 48.4. The number of aromatic amines is 3. The highest BCUT2D eigenvalue weighted by Gasteiger charge is 2.47. The highest BCUT2D eigenvalue weighted by atomic mass is 32.2. The summed E-state index contributed by atoms with van der Waals surface area (Å²) < 4.78 is 0. The van der Waals surface area contributed by atoms with Crippen LogP contribution in [-0.4, -0.2) is 314 Å². The zero-order valence-corrected chi connectivity index (χ0v) is 76.3. The maximum absolute atomic E-state index is 15.8. The first-order valence-corrected chi connectivity index (χ1v) is 46.6. The van der Waals surface area contributed by atoms with Gasteiger partial charge in [0.15, 0.2) is 5.78 Å². The van der Waals surface area contributed by atoms with Gasteiger partial charge >= 0.3 is 5.97 Å². The SMILES string of the molecule is C[C@@H]1NC(=O)[C@@H]2CCCC/C=C\CCCC[C@@H](C(=O)N2C)N(C)C(=O)[C@H](Cc2c[nH]c3ccccc23)NC(=O)[C@H](CO)NC(=O)[C@H](Cc2c[nH]c3ccccc23)CC(=O)[C@@H]2C[C@@H](O)CN2C(=O)[C@H](CCC(N)=O)NC(=O)[C@H](Cc2cnc[nH]2)NC(=O)[C@@H]2CCCN2C(=O)[C@H](CC(=O)O)NC(=O)[C@@H]2CCCCN2C(=O)[C@H](Cc2ccc(O)cc2)NC(=O)CSC[C@@H](C(=O)NCC(N)=O)NC1=O. The summed E-state index contributed by atoms with van der Waals surface area (Å²) in [7, 11) is 2.73. The first kappa shape index (κ1) is 102. The van der Waals surface area contributed by atoms with Crippen LogP contribution in [0.3, 0.4) is 0 Å². The zero-order chi connectivity index (χ0) is 97.3. The third-order valence-electron chi connectivity index (χ3n) is 25.2. The number of nitrogens with one attached hydrogen (secondary N) is 12. The number of benzene rings is 3. The van der Waals surface area contributed by atoms with Gasteiger partial charge in [0, 0.05) is 130 Å². The van der Waals surface area contributed by atoms with Crippen molar-refractivity contribution in [3.05, 3.63) is 132 Å². The Morgan fingerprint density at radius 1 is 0.526 bits per heavy atom. The third kappa shape index (κ3) is 27.6. The van der Waals surface area contributed by atoms with Gasteiger partial charge in [-0.1, -0.05) is 73.5 Å². The minimum absolute atomic E-state index is 0.0126. The van der Waals surface area contributed by atoms with Crippen molar-refractivity contribution in [2.45, 2.75) is 233 Å². The largest absolute Gasteiger partial charge is 0.508 e. The number of carbonyl (C=O) groups excluding carboxylic acids is 17. The van der Waals surface area contributed by atoms with E-state index < -0.39 is 260 Å². The number of piperidine rings is 1. The number of primary amides is 2. The maximum Gasteiger partial charge on any atom is 0.305 e. The molecule has 42 nitrogen and oxygen atoms in total. The Morgan fingerprint density at radius 3 is 1.70 bits per heavy atom. The van der Waals surface area contributed by atoms with Crippen LogP contribution in [0.2, 0.25) is 0 Å². The minimum atomic E-state index is -1.90. The molecule has 4 fully saturated rings. The number of para-hydroxylation sites is 2. The molecule has 5 aliphatic rings. The summed E-state index contributed by atoms with van der Waals surface area (Å²) in [5.41, 5.74) is 14.1. The molecular weight excluding hydrogens is 1770 g/mol. The molecule has 5 aliphatic heterocycles. The number of nitrogens with two attached hydrogens (primary N) is 2. The van der Waals surface area contributed by atoms with E-state index in [4.69, 9.17) is 11.5 Å². The molecule has 3 aromatic heterocycles. The first-order valence-electron chi connectivity index (χ1n) is 45.5. The van der Waals surface area contributed by atoms with E-state index in [9.17, 15) is 68.4 Å². The Bertz CT molecular complexity index is 5340. The fraction of sp³-hybridized carbons (Fsp3) is 0.511. The number of carbonyl (C=O) groups is 18. The van der Waals surface area contributed by atoms with Gasteiger partial charge in [-0.25, -0.2) is 4.98 Å². The standard InChI is InChI=1S/C92H120N20O22S/c1-51-80(122)107-69(82(124)98-45-77(94)118)48-135-49-78(119)101-65(35-52-27-29-57(114)30-28-52)90(132)110-33-17-16-24-71(110)87(129)105-67(41-79(120)121)91(133)111-34-18-26-72(111)86(128)103-64(39-56-44-95-50-99-56)83(125)102-63(31-32-76(93)117)89(131)112-46-58(115)40-74(112)75(116)38-53(36-54-42-96-61-21-14-12-19-59(54)61)81(123)106-68(47-113)84(126)104-66(37-55-43-97-62-22-15-13-20-60(55)62)88(130)109(3)73-25-11-9-7-5-4-6-8-10-23-70(85(127)100-51)108(2)92(73)134/h4-5,12-15,19-22,27-30,42-44,50-51,53,58,63-74,96-97,113-115H,6-11,16-18,23-26,31-41,45-49H2,1-3H3,(H2,93,117)(H2,94,118)(H,95,99)(H,98,124)(H,100,127)(H,101,119)(H,102,125)(H,103,128)(H,104,126)(H,105,129)(H,106,123)(H,107,122)(H,120,121)/b5-4-/t51-,53+,58+,63-,64-,65-,66-,67-,68-,69-,70-,71-,72-,73-,74-/m0/s1. The summed E-state index contributed by atoms with van der Waals surface area (Å²) in [6, 6.07) is -0.700. The maximum atomic E-state index is 15.8. The van der Waals surface area contributed by atoms with Crippen molar-refractivity contribution in [3.63, 3.8) is 0 Å². The van der Waals surface area contributed by atoms with E-state index >= 15 is 38.4 Å². The van der Waals surface area contributed by atoms with E-state index in [1.165, 1.54) is 67.6 Å². The number of carboxylic acids is 1. The number of aromatic nitrogens is 4. The number of aromatic hydroxyl groups is 1. The van der Waals surface area contributed by atoms with E-state index in [1.54, 1.807) is 60.9 Å². The van der Waals surface area contributed by atoms with E-state index in [-0.39, 0.29) is 82.3 Å². The highest BCUT2D eigenvalue weighted by Crippen LogP contribution is 2.31. The number of H-pyrrole nitrogens is 3. The topological polar surface area (TPSA) is 625 Å². The molecule has 3 aromatic carbocycles. The fourth-order valence-corrected chi connectivity index (χ4v) is 18.8. The smallest absolute Gasteiger partial charge is 0.305 e. The number of amides is 16. The van der Waals surface area contributed by atoms with Crippen LogP contribution in [0.25, 0.3) is 21.8 Å². The average Bonchev–Trinajstić information content (AvgIpc) is 1.60. The van der Waals surface area contributed by atoms with Crippen molar-refractivity contribution < 1.29 is 107 Å². The van der Waals surface area contributed by atoms with Gasteiger partial charge in [-0.15, -0.1) is 11.8 Å². The molecule has 0 aliphatic carbocycles. The lowest BCUT2D eigenvalue weighted by Gasteiger charge is -2.38. The number of aliphatic carboxylic acids is 1. The van der Waals surface area contributed by atoms with Crippen LogP contribution in [0.15, 0.2) is 110 Å². The van der Waals surface area contributed by atoms with Crippen molar-refractivity contribution in [2.24, 2.45) is 17.4 Å². The molecular formula is C92H120N20O22S. The van der Waals surface area contributed by atoms with Crippen LogP contribution < -0.4 is 59.3 Å². The number of thioether (sulfide) groups is 1. The number of rotatable bonds is 17. The van der Waals surface area contributed by atoms with Crippen LogP contribution in [0.4, 0.5) is 0 Å². The number of aliphatic hydroxyl groups is 2. The number of likely N-dealkylation sites (N-methyl/N-ethyl adjacent to an activating group) is 2. The number of phenols is 1. The molecule has 4 saturated heterocycles. The fourth-order valence-electron chi connectivity index (χ4n) is 17.9. The van der Waals surface area contributed by atoms with Gasteiger partial charge in [0.1, 0.15) is 78.3 Å². The van der Waals surface area contributed by atoms with Gasteiger partial charge in [-0.2, -0.15) is 0 Å². The summed E-state index contributed by atoms with van der Waals surface area (Å²) in [6.07, 6.45) is 7.80. The lowest BCUT2D eigenvalue weighted by atomic mass is 9.90. The number of hydrogen-bond donors (Lipinski definition) is 18.